The number of carbonyl (C=O) groups is 1. The van der Waals surface area contributed by atoms with E-state index in [-0.39, 0.29) is 11.3 Å². The molecule has 0 aliphatic carbocycles. The number of likely N-dealkylation sites (N-methyl/N-ethyl adjacent to an activating group) is 1. The van der Waals surface area contributed by atoms with Gasteiger partial charge in [0.2, 0.25) is 0 Å². The smallest absolute Gasteiger partial charge is 0.271 e. The van der Waals surface area contributed by atoms with Crippen LogP contribution in [0.2, 0.25) is 0 Å². The maximum Gasteiger partial charge on any atom is 0.271 e. The number of hydrogen-bond acceptors (Lipinski definition) is 2. The van der Waals surface area contributed by atoms with Crippen LogP contribution in [0.1, 0.15) is 37.0 Å². The van der Waals surface area contributed by atoms with E-state index in [1.54, 1.807) is 4.90 Å². The maximum absolute atomic E-state index is 11.8. The predicted octanol–water partition coefficient (Wildman–Crippen LogP) is 1.27. The van der Waals surface area contributed by atoms with Gasteiger partial charge in [-0.2, -0.15) is 5.10 Å². The van der Waals surface area contributed by atoms with Crippen LogP contribution in [-0.4, -0.2) is 34.2 Å². The average Bonchev–Trinajstić information content (AvgIpc) is 2.55. The Morgan fingerprint density at radius 1 is 1.33 bits per heavy atom. The summed E-state index contributed by atoms with van der Waals surface area (Å²) in [6.07, 6.45) is 0. The van der Waals surface area contributed by atoms with Crippen LogP contribution < -0.4 is 0 Å². The summed E-state index contributed by atoms with van der Waals surface area (Å²) in [4.78, 5) is 13.6. The molecule has 2 rings (SSSR count). The molecule has 0 atom stereocenters. The quantitative estimate of drug-likeness (QED) is 0.642. The molecule has 1 amide bonds. The Kier molecular flexibility index (Phi) is 2.10. The molecular formula is C11H17N3O. The molecule has 0 saturated heterocycles. The molecule has 0 radical (unpaired) electrons. The number of amides is 1. The van der Waals surface area contributed by atoms with Gasteiger partial charge in [0.25, 0.3) is 5.91 Å². The van der Waals surface area contributed by atoms with Crippen molar-refractivity contribution >= 4 is 5.91 Å². The molecule has 0 N–H and O–H groups in total. The highest BCUT2D eigenvalue weighted by molar-refractivity contribution is 5.93. The first-order valence-corrected chi connectivity index (χ1v) is 5.23. The molecular weight excluding hydrogens is 190 g/mol. The second kappa shape index (κ2) is 3.08. The molecule has 0 aromatic carbocycles. The van der Waals surface area contributed by atoms with E-state index in [2.05, 4.69) is 25.9 Å². The summed E-state index contributed by atoms with van der Waals surface area (Å²) in [7, 11) is 1.83. The standard InChI is InChI=1S/C11H17N3O/c1-11(2,3)9-7-8-10(15)13(4)5-6-14(8)12-9/h7H,5-6H2,1-4H3. The molecule has 0 saturated carbocycles. The van der Waals surface area contributed by atoms with Crippen molar-refractivity contribution in [2.75, 3.05) is 13.6 Å². The molecule has 2 heterocycles. The van der Waals surface area contributed by atoms with E-state index in [0.717, 1.165) is 18.8 Å². The van der Waals surface area contributed by atoms with E-state index < -0.39 is 0 Å². The highest BCUT2D eigenvalue weighted by atomic mass is 16.2. The van der Waals surface area contributed by atoms with Crippen molar-refractivity contribution in [3.63, 3.8) is 0 Å². The Labute approximate surface area is 89.9 Å². The van der Waals surface area contributed by atoms with Gasteiger partial charge in [-0.3, -0.25) is 9.48 Å². The van der Waals surface area contributed by atoms with Crippen molar-refractivity contribution in [3.05, 3.63) is 17.5 Å². The molecule has 0 bridgehead atoms. The molecule has 1 aliphatic heterocycles. The molecule has 4 nitrogen and oxygen atoms in total. The monoisotopic (exact) mass is 207 g/mol. The lowest BCUT2D eigenvalue weighted by molar-refractivity contribution is 0.0742. The fraction of sp³-hybridized carbons (Fsp3) is 0.636. The minimum atomic E-state index is 0.00317. The molecule has 1 aromatic heterocycles. The maximum atomic E-state index is 11.8. The Hall–Kier alpha value is -1.32. The minimum absolute atomic E-state index is 0.00317. The first kappa shape index (κ1) is 10.2. The number of fused-ring (bicyclic) bond motifs is 1. The molecule has 0 spiro atoms. The van der Waals surface area contributed by atoms with Crippen LogP contribution in [-0.2, 0) is 12.0 Å². The first-order valence-electron chi connectivity index (χ1n) is 5.23. The van der Waals surface area contributed by atoms with Crippen LogP contribution in [0.4, 0.5) is 0 Å². The van der Waals surface area contributed by atoms with Crippen LogP contribution in [0.15, 0.2) is 6.07 Å². The van der Waals surface area contributed by atoms with E-state index in [1.165, 1.54) is 0 Å². The van der Waals surface area contributed by atoms with Gasteiger partial charge in [0.1, 0.15) is 5.69 Å². The lowest BCUT2D eigenvalue weighted by Gasteiger charge is -2.22. The molecule has 15 heavy (non-hydrogen) atoms. The topological polar surface area (TPSA) is 38.1 Å². The summed E-state index contributed by atoms with van der Waals surface area (Å²) in [5.74, 6) is 0.0734. The average molecular weight is 207 g/mol. The third-order valence-corrected chi connectivity index (χ3v) is 2.76. The van der Waals surface area contributed by atoms with E-state index in [0.29, 0.717) is 5.69 Å². The first-order chi connectivity index (χ1) is 6.89. The largest absolute Gasteiger partial charge is 0.339 e. The van der Waals surface area contributed by atoms with Gasteiger partial charge in [-0.1, -0.05) is 20.8 Å². The number of aromatic nitrogens is 2. The molecule has 4 heteroatoms. The lowest BCUT2D eigenvalue weighted by atomic mass is 9.92. The minimum Gasteiger partial charge on any atom is -0.339 e. The summed E-state index contributed by atoms with van der Waals surface area (Å²) in [6.45, 7) is 7.87. The van der Waals surface area contributed by atoms with Crippen molar-refractivity contribution in [1.29, 1.82) is 0 Å². The number of nitrogens with zero attached hydrogens (tertiary/aromatic N) is 3. The Morgan fingerprint density at radius 3 is 2.60 bits per heavy atom. The van der Waals surface area contributed by atoms with Gasteiger partial charge in [0.05, 0.1) is 12.2 Å². The van der Waals surface area contributed by atoms with Gasteiger partial charge in [0.15, 0.2) is 0 Å². The third kappa shape index (κ3) is 1.64. The highest BCUT2D eigenvalue weighted by Crippen LogP contribution is 2.23. The Bertz CT molecular complexity index is 400. The van der Waals surface area contributed by atoms with Crippen molar-refractivity contribution in [2.24, 2.45) is 0 Å². The SMILES string of the molecule is CN1CCn2nc(C(C)(C)C)cc2C1=O. The Balaban J connectivity index is 2.44. The van der Waals surface area contributed by atoms with Gasteiger partial charge < -0.3 is 4.90 Å². The zero-order valence-corrected chi connectivity index (χ0v) is 9.74. The van der Waals surface area contributed by atoms with Gasteiger partial charge >= 0.3 is 0 Å². The fourth-order valence-electron chi connectivity index (χ4n) is 1.67. The van der Waals surface area contributed by atoms with E-state index in [1.807, 2.05) is 17.8 Å². The predicted molar refractivity (Wildman–Crippen MR) is 57.9 cm³/mol. The lowest BCUT2D eigenvalue weighted by Crippen LogP contribution is -2.37. The van der Waals surface area contributed by atoms with Crippen LogP contribution in [0.25, 0.3) is 0 Å². The van der Waals surface area contributed by atoms with Crippen LogP contribution in [0, 0.1) is 0 Å². The number of carbonyl (C=O) groups excluding carboxylic acids is 1. The molecule has 0 unspecified atom stereocenters. The van der Waals surface area contributed by atoms with E-state index >= 15 is 0 Å². The van der Waals surface area contributed by atoms with Gasteiger partial charge in [0, 0.05) is 19.0 Å². The number of hydrogen-bond donors (Lipinski definition) is 0. The fourth-order valence-corrected chi connectivity index (χ4v) is 1.67. The second-order valence-corrected chi connectivity index (χ2v) is 5.11. The zero-order chi connectivity index (χ0) is 11.2. The summed E-state index contributed by atoms with van der Waals surface area (Å²) in [5, 5.41) is 4.48. The normalized spacial score (nSPS) is 16.8. The van der Waals surface area contributed by atoms with Crippen LogP contribution in [0.5, 0.6) is 0 Å². The summed E-state index contributed by atoms with van der Waals surface area (Å²) in [6, 6.07) is 1.91. The van der Waals surface area contributed by atoms with Gasteiger partial charge in [-0.25, -0.2) is 0 Å². The zero-order valence-electron chi connectivity index (χ0n) is 9.74. The third-order valence-electron chi connectivity index (χ3n) is 2.76. The van der Waals surface area contributed by atoms with Crippen LogP contribution in [0.3, 0.4) is 0 Å². The second-order valence-electron chi connectivity index (χ2n) is 5.11. The molecule has 1 aliphatic rings. The van der Waals surface area contributed by atoms with Crippen molar-refractivity contribution in [3.8, 4) is 0 Å². The van der Waals surface area contributed by atoms with E-state index in [9.17, 15) is 4.79 Å². The summed E-state index contributed by atoms with van der Waals surface area (Å²) >= 11 is 0. The summed E-state index contributed by atoms with van der Waals surface area (Å²) in [5.41, 5.74) is 1.71. The molecule has 0 fully saturated rings. The molecule has 82 valence electrons. The van der Waals surface area contributed by atoms with Gasteiger partial charge in [-0.05, 0) is 6.07 Å². The van der Waals surface area contributed by atoms with E-state index in [4.69, 9.17) is 0 Å². The number of rotatable bonds is 0. The van der Waals surface area contributed by atoms with Crippen molar-refractivity contribution in [1.82, 2.24) is 14.7 Å². The Morgan fingerprint density at radius 2 is 2.00 bits per heavy atom. The molecule has 1 aromatic rings. The summed E-state index contributed by atoms with van der Waals surface area (Å²) < 4.78 is 1.82. The van der Waals surface area contributed by atoms with Gasteiger partial charge in [-0.15, -0.1) is 0 Å². The van der Waals surface area contributed by atoms with Crippen molar-refractivity contribution in [2.45, 2.75) is 32.7 Å². The van der Waals surface area contributed by atoms with Crippen molar-refractivity contribution < 1.29 is 4.79 Å². The van der Waals surface area contributed by atoms with Crippen LogP contribution >= 0.6 is 0 Å². The highest BCUT2D eigenvalue weighted by Gasteiger charge is 2.27.